The molecule has 0 aliphatic rings. The van der Waals surface area contributed by atoms with E-state index in [1.165, 1.54) is 6.20 Å². The van der Waals surface area contributed by atoms with Crippen LogP contribution in [0.1, 0.15) is 10.4 Å². The van der Waals surface area contributed by atoms with Gasteiger partial charge in [0, 0.05) is 11.1 Å². The molecule has 2 aromatic rings. The lowest BCUT2D eigenvalue weighted by Gasteiger charge is -2.06. The number of para-hydroxylation sites is 1. The van der Waals surface area contributed by atoms with E-state index < -0.39 is 12.1 Å². The van der Waals surface area contributed by atoms with Gasteiger partial charge in [-0.1, -0.05) is 18.2 Å². The van der Waals surface area contributed by atoms with Crippen molar-refractivity contribution in [1.82, 2.24) is 4.98 Å². The van der Waals surface area contributed by atoms with Crippen molar-refractivity contribution >= 4 is 22.4 Å². The Bertz CT molecular complexity index is 656. The van der Waals surface area contributed by atoms with Crippen LogP contribution in [0.5, 0.6) is 5.75 Å². The van der Waals surface area contributed by atoms with Gasteiger partial charge in [0.15, 0.2) is 5.13 Å². The third kappa shape index (κ3) is 4.20. The Balaban J connectivity index is 1.96. The van der Waals surface area contributed by atoms with Gasteiger partial charge in [-0.3, -0.25) is 10.1 Å². The molecule has 1 aromatic carbocycles. The lowest BCUT2D eigenvalue weighted by atomic mass is 10.1. The molecule has 2 rings (SSSR count). The summed E-state index contributed by atoms with van der Waals surface area (Å²) >= 11 is 1.03. The van der Waals surface area contributed by atoms with Gasteiger partial charge < -0.3 is 4.74 Å². The molecule has 1 heterocycles. The normalized spacial score (nSPS) is 11.3. The van der Waals surface area contributed by atoms with Crippen LogP contribution in [-0.2, 0) is 17.6 Å². The molecule has 0 fully saturated rings. The van der Waals surface area contributed by atoms with Crippen molar-refractivity contribution in [3.8, 4) is 5.75 Å². The average molecular weight is 330 g/mol. The molecule has 0 bridgehead atoms. The maximum absolute atomic E-state index is 12.1. The molecule has 0 aliphatic carbocycles. The first-order chi connectivity index (χ1) is 10.4. The summed E-state index contributed by atoms with van der Waals surface area (Å²) in [6, 6.07) is 7.52. The highest BCUT2D eigenvalue weighted by Gasteiger charge is 2.39. The maximum Gasteiger partial charge on any atom is 0.471 e. The number of hydrogen-bond donors (Lipinski definition) is 1. The number of benzene rings is 1. The van der Waals surface area contributed by atoms with Crippen molar-refractivity contribution in [3.05, 3.63) is 40.9 Å². The molecule has 8 heteroatoms. The van der Waals surface area contributed by atoms with Crippen LogP contribution < -0.4 is 10.1 Å². The first-order valence-electron chi connectivity index (χ1n) is 6.35. The molecule has 22 heavy (non-hydrogen) atoms. The molecule has 0 unspecified atom stereocenters. The average Bonchev–Trinajstić information content (AvgIpc) is 2.92. The van der Waals surface area contributed by atoms with Gasteiger partial charge in [0.2, 0.25) is 0 Å². The topological polar surface area (TPSA) is 51.2 Å². The smallest absolute Gasteiger partial charge is 0.471 e. The first kappa shape index (κ1) is 16.3. The molecule has 0 spiro atoms. The number of nitrogens with zero attached hydrogens (tertiary/aromatic N) is 1. The SMILES string of the molecule is COc1ccccc1CCc1cnc(NC(=O)C(F)(F)F)s1. The van der Waals surface area contributed by atoms with E-state index in [1.54, 1.807) is 12.4 Å². The lowest BCUT2D eigenvalue weighted by molar-refractivity contribution is -0.167. The van der Waals surface area contributed by atoms with E-state index in [1.807, 2.05) is 24.3 Å². The molecular weight excluding hydrogens is 317 g/mol. The summed E-state index contributed by atoms with van der Waals surface area (Å²) < 4.78 is 41.7. The molecular formula is C14H13F3N2O2S. The first-order valence-corrected chi connectivity index (χ1v) is 7.16. The fourth-order valence-corrected chi connectivity index (χ4v) is 2.62. The van der Waals surface area contributed by atoms with E-state index in [9.17, 15) is 18.0 Å². The van der Waals surface area contributed by atoms with Crippen molar-refractivity contribution in [1.29, 1.82) is 0 Å². The zero-order chi connectivity index (χ0) is 16.2. The third-order valence-electron chi connectivity index (χ3n) is 2.86. The Morgan fingerprint density at radius 3 is 2.73 bits per heavy atom. The minimum atomic E-state index is -4.91. The largest absolute Gasteiger partial charge is 0.496 e. The highest BCUT2D eigenvalue weighted by atomic mass is 32.1. The Kier molecular flexibility index (Phi) is 5.02. The molecule has 0 radical (unpaired) electrons. The number of anilines is 1. The van der Waals surface area contributed by atoms with Crippen LogP contribution >= 0.6 is 11.3 Å². The maximum atomic E-state index is 12.1. The van der Waals surface area contributed by atoms with Crippen LogP contribution in [-0.4, -0.2) is 24.2 Å². The van der Waals surface area contributed by atoms with Gasteiger partial charge in [0.1, 0.15) is 5.75 Å². The lowest BCUT2D eigenvalue weighted by Crippen LogP contribution is -2.29. The fraction of sp³-hybridized carbons (Fsp3) is 0.286. The van der Waals surface area contributed by atoms with E-state index in [2.05, 4.69) is 4.98 Å². The highest BCUT2D eigenvalue weighted by Crippen LogP contribution is 2.25. The standard InChI is InChI=1S/C14H13F3N2O2S/c1-21-11-5-3-2-4-9(11)6-7-10-8-18-13(22-10)19-12(20)14(15,16)17/h2-5,8H,6-7H2,1H3,(H,18,19,20). The van der Waals surface area contributed by atoms with Crippen molar-refractivity contribution < 1.29 is 22.7 Å². The molecule has 0 saturated heterocycles. The van der Waals surface area contributed by atoms with Gasteiger partial charge in [-0.05, 0) is 24.5 Å². The molecule has 1 amide bonds. The molecule has 4 nitrogen and oxygen atoms in total. The summed E-state index contributed by atoms with van der Waals surface area (Å²) in [5.41, 5.74) is 0.999. The molecule has 0 saturated carbocycles. The van der Waals surface area contributed by atoms with Gasteiger partial charge >= 0.3 is 12.1 Å². The van der Waals surface area contributed by atoms with Crippen LogP contribution in [0.3, 0.4) is 0 Å². The molecule has 0 atom stereocenters. The van der Waals surface area contributed by atoms with Crippen LogP contribution in [0.4, 0.5) is 18.3 Å². The summed E-state index contributed by atoms with van der Waals surface area (Å²) in [7, 11) is 1.58. The molecule has 1 N–H and O–H groups in total. The summed E-state index contributed by atoms with van der Waals surface area (Å²) in [6.45, 7) is 0. The van der Waals surface area contributed by atoms with E-state index in [0.29, 0.717) is 12.8 Å². The predicted molar refractivity (Wildman–Crippen MR) is 77.2 cm³/mol. The summed E-state index contributed by atoms with van der Waals surface area (Å²) in [5.74, 6) is -1.25. The number of hydrogen-bond acceptors (Lipinski definition) is 4. The number of ether oxygens (including phenoxy) is 1. The molecule has 118 valence electrons. The Labute approximate surface area is 128 Å². The van der Waals surface area contributed by atoms with Crippen molar-refractivity contribution in [2.24, 2.45) is 0 Å². The molecule has 0 aliphatic heterocycles. The number of nitrogens with one attached hydrogen (secondary N) is 1. The summed E-state index contributed by atoms with van der Waals surface area (Å²) in [5, 5.41) is 1.68. The number of carbonyl (C=O) groups is 1. The van der Waals surface area contributed by atoms with Gasteiger partial charge in [-0.2, -0.15) is 13.2 Å². The van der Waals surface area contributed by atoms with E-state index in [0.717, 1.165) is 27.5 Å². The number of methoxy groups -OCH3 is 1. The van der Waals surface area contributed by atoms with Crippen molar-refractivity contribution in [2.75, 3.05) is 12.4 Å². The Morgan fingerprint density at radius 2 is 2.05 bits per heavy atom. The monoisotopic (exact) mass is 330 g/mol. The minimum absolute atomic E-state index is 0.0580. The van der Waals surface area contributed by atoms with Crippen LogP contribution in [0.25, 0.3) is 0 Å². The van der Waals surface area contributed by atoms with Crippen molar-refractivity contribution in [2.45, 2.75) is 19.0 Å². The number of carbonyl (C=O) groups excluding carboxylic acids is 1. The fourth-order valence-electron chi connectivity index (χ4n) is 1.82. The van der Waals surface area contributed by atoms with Crippen molar-refractivity contribution in [3.63, 3.8) is 0 Å². The Morgan fingerprint density at radius 1 is 1.32 bits per heavy atom. The van der Waals surface area contributed by atoms with Crippen LogP contribution in [0.15, 0.2) is 30.5 Å². The number of amides is 1. The van der Waals surface area contributed by atoms with E-state index >= 15 is 0 Å². The van der Waals surface area contributed by atoms with Gasteiger partial charge in [-0.25, -0.2) is 4.98 Å². The molecule has 1 aromatic heterocycles. The third-order valence-corrected chi connectivity index (χ3v) is 3.84. The van der Waals surface area contributed by atoms with Crippen LogP contribution in [0, 0.1) is 0 Å². The summed E-state index contributed by atoms with van der Waals surface area (Å²) in [6.07, 6.45) is -2.19. The zero-order valence-electron chi connectivity index (χ0n) is 11.6. The number of halogens is 3. The van der Waals surface area contributed by atoms with Gasteiger partial charge in [0.05, 0.1) is 7.11 Å². The summed E-state index contributed by atoms with van der Waals surface area (Å²) in [4.78, 5) is 15.4. The second-order valence-electron chi connectivity index (χ2n) is 4.40. The second-order valence-corrected chi connectivity index (χ2v) is 5.51. The van der Waals surface area contributed by atoms with Gasteiger partial charge in [-0.15, -0.1) is 11.3 Å². The number of aromatic nitrogens is 1. The zero-order valence-corrected chi connectivity index (χ0v) is 12.4. The quantitative estimate of drug-likeness (QED) is 0.914. The Hall–Kier alpha value is -2.09. The number of alkyl halides is 3. The van der Waals surface area contributed by atoms with Crippen LogP contribution in [0.2, 0.25) is 0 Å². The highest BCUT2D eigenvalue weighted by molar-refractivity contribution is 7.15. The predicted octanol–water partition coefficient (Wildman–Crippen LogP) is 3.44. The second kappa shape index (κ2) is 6.78. The van der Waals surface area contributed by atoms with E-state index in [-0.39, 0.29) is 5.13 Å². The number of thiazole rings is 1. The number of rotatable bonds is 5. The van der Waals surface area contributed by atoms with E-state index in [4.69, 9.17) is 4.74 Å². The number of aryl methyl sites for hydroxylation is 2. The minimum Gasteiger partial charge on any atom is -0.496 e. The van der Waals surface area contributed by atoms with Gasteiger partial charge in [0.25, 0.3) is 0 Å².